The molecule has 1 unspecified atom stereocenters. The summed E-state index contributed by atoms with van der Waals surface area (Å²) in [5.41, 5.74) is 1.27. The first kappa shape index (κ1) is 14.3. The number of thiophene rings is 2. The van der Waals surface area contributed by atoms with Crippen LogP contribution in [-0.2, 0) is 6.42 Å². The van der Waals surface area contributed by atoms with Crippen molar-refractivity contribution in [3.63, 3.8) is 0 Å². The Kier molecular flexibility index (Phi) is 4.11. The number of carbonyl (C=O) groups excluding carboxylic acids is 1. The van der Waals surface area contributed by atoms with E-state index in [-0.39, 0.29) is 18.6 Å². The van der Waals surface area contributed by atoms with E-state index in [9.17, 15) is 4.79 Å². The Balaban J connectivity index is 1.81. The Hall–Kier alpha value is -1.61. The van der Waals surface area contributed by atoms with Crippen LogP contribution in [0.15, 0.2) is 23.6 Å². The minimum absolute atomic E-state index is 0.0707. The van der Waals surface area contributed by atoms with Crippen LogP contribution in [0.2, 0.25) is 0 Å². The average molecular weight is 317 g/mol. The summed E-state index contributed by atoms with van der Waals surface area (Å²) in [6.07, 6.45) is 0.936. The summed E-state index contributed by atoms with van der Waals surface area (Å²) in [5, 5.41) is 10.8. The third-order valence-electron chi connectivity index (χ3n) is 3.65. The van der Waals surface area contributed by atoms with Crippen molar-refractivity contribution in [1.82, 2.24) is 4.90 Å². The smallest absolute Gasteiger partial charge is 0.264 e. The number of hydrogen-bond donors (Lipinski definition) is 1. The molecular formula is C16H15NO2S2. The van der Waals surface area contributed by atoms with E-state index >= 15 is 0 Å². The van der Waals surface area contributed by atoms with Gasteiger partial charge in [0.15, 0.2) is 0 Å². The van der Waals surface area contributed by atoms with E-state index in [0.29, 0.717) is 4.88 Å². The highest BCUT2D eigenvalue weighted by Gasteiger charge is 2.29. The van der Waals surface area contributed by atoms with Crippen molar-refractivity contribution < 1.29 is 9.90 Å². The van der Waals surface area contributed by atoms with Gasteiger partial charge in [-0.1, -0.05) is 11.8 Å². The van der Waals surface area contributed by atoms with Gasteiger partial charge in [0.25, 0.3) is 5.91 Å². The Morgan fingerprint density at radius 3 is 3.14 bits per heavy atom. The average Bonchev–Trinajstić information content (AvgIpc) is 3.14. The van der Waals surface area contributed by atoms with E-state index in [1.807, 2.05) is 17.0 Å². The fraction of sp³-hybridized carbons (Fsp3) is 0.312. The number of amides is 1. The van der Waals surface area contributed by atoms with Crippen LogP contribution in [0, 0.1) is 11.8 Å². The van der Waals surface area contributed by atoms with Gasteiger partial charge in [0, 0.05) is 11.4 Å². The molecule has 1 atom stereocenters. The van der Waals surface area contributed by atoms with Crippen LogP contribution in [0.25, 0.3) is 0 Å². The van der Waals surface area contributed by atoms with Gasteiger partial charge in [0.2, 0.25) is 0 Å². The van der Waals surface area contributed by atoms with Gasteiger partial charge >= 0.3 is 0 Å². The van der Waals surface area contributed by atoms with Gasteiger partial charge in [-0.2, -0.15) is 0 Å². The van der Waals surface area contributed by atoms with E-state index in [1.165, 1.54) is 21.8 Å². The fourth-order valence-corrected chi connectivity index (χ4v) is 4.37. The topological polar surface area (TPSA) is 40.5 Å². The Labute approximate surface area is 131 Å². The summed E-state index contributed by atoms with van der Waals surface area (Å²) in [5.74, 6) is 5.52. The lowest BCUT2D eigenvalue weighted by Crippen LogP contribution is -2.37. The molecule has 2 aromatic heterocycles. The first-order valence-corrected chi connectivity index (χ1v) is 8.47. The first-order chi connectivity index (χ1) is 10.2. The molecule has 2 aromatic rings. The lowest BCUT2D eigenvalue weighted by atomic mass is 10.0. The second kappa shape index (κ2) is 6.02. The van der Waals surface area contributed by atoms with Crippen molar-refractivity contribution in [1.29, 1.82) is 0 Å². The lowest BCUT2D eigenvalue weighted by Gasteiger charge is -2.33. The zero-order valence-corrected chi connectivity index (χ0v) is 13.3. The molecule has 0 fully saturated rings. The van der Waals surface area contributed by atoms with Crippen LogP contribution in [0.5, 0.6) is 0 Å². The Morgan fingerprint density at radius 2 is 2.33 bits per heavy atom. The van der Waals surface area contributed by atoms with Gasteiger partial charge in [0.1, 0.15) is 6.61 Å². The predicted octanol–water partition coefficient (Wildman–Crippen LogP) is 2.91. The van der Waals surface area contributed by atoms with Crippen molar-refractivity contribution in [3.8, 4) is 11.8 Å². The summed E-state index contributed by atoms with van der Waals surface area (Å²) in [7, 11) is 0. The third kappa shape index (κ3) is 2.75. The summed E-state index contributed by atoms with van der Waals surface area (Å²) in [6.45, 7) is 2.69. The van der Waals surface area contributed by atoms with Crippen molar-refractivity contribution in [2.45, 2.75) is 19.4 Å². The van der Waals surface area contributed by atoms with Crippen molar-refractivity contribution in [2.75, 3.05) is 13.2 Å². The van der Waals surface area contributed by atoms with Gasteiger partial charge < -0.3 is 10.0 Å². The zero-order chi connectivity index (χ0) is 14.8. The predicted molar refractivity (Wildman–Crippen MR) is 85.8 cm³/mol. The SMILES string of the molecule is CC1c2ccsc2CCN1C(=O)c1ccc(C#CCO)s1. The molecule has 1 amide bonds. The molecule has 1 aliphatic rings. The maximum absolute atomic E-state index is 12.7. The van der Waals surface area contributed by atoms with Crippen molar-refractivity contribution >= 4 is 28.6 Å². The molecule has 0 bridgehead atoms. The quantitative estimate of drug-likeness (QED) is 0.822. The summed E-state index contributed by atoms with van der Waals surface area (Å²) >= 11 is 3.16. The Bertz CT molecular complexity index is 720. The molecule has 3 nitrogen and oxygen atoms in total. The van der Waals surface area contributed by atoms with E-state index in [2.05, 4.69) is 30.2 Å². The van der Waals surface area contributed by atoms with Gasteiger partial charge in [-0.15, -0.1) is 22.7 Å². The number of aliphatic hydroxyl groups is 1. The van der Waals surface area contributed by atoms with E-state index in [1.54, 1.807) is 11.3 Å². The molecule has 1 N–H and O–H groups in total. The van der Waals surface area contributed by atoms with E-state index in [4.69, 9.17) is 5.11 Å². The molecule has 0 radical (unpaired) electrons. The highest BCUT2D eigenvalue weighted by molar-refractivity contribution is 7.14. The normalized spacial score (nSPS) is 17.0. The van der Waals surface area contributed by atoms with E-state index < -0.39 is 0 Å². The second-order valence-corrected chi connectivity index (χ2v) is 6.93. The van der Waals surface area contributed by atoms with Crippen LogP contribution in [0.1, 0.15) is 38.0 Å². The number of nitrogens with zero attached hydrogens (tertiary/aromatic N) is 1. The fourth-order valence-electron chi connectivity index (χ4n) is 2.58. The van der Waals surface area contributed by atoms with Crippen molar-refractivity contribution in [2.24, 2.45) is 0 Å². The number of aliphatic hydroxyl groups excluding tert-OH is 1. The maximum Gasteiger partial charge on any atom is 0.264 e. The molecule has 0 saturated heterocycles. The van der Waals surface area contributed by atoms with Gasteiger partial charge in [-0.05, 0) is 42.5 Å². The Morgan fingerprint density at radius 1 is 1.48 bits per heavy atom. The molecular weight excluding hydrogens is 302 g/mol. The highest BCUT2D eigenvalue weighted by Crippen LogP contribution is 2.34. The monoisotopic (exact) mass is 317 g/mol. The van der Waals surface area contributed by atoms with Crippen LogP contribution in [0.4, 0.5) is 0 Å². The van der Waals surface area contributed by atoms with Gasteiger partial charge in [-0.3, -0.25) is 4.79 Å². The molecule has 3 rings (SSSR count). The molecule has 1 aliphatic heterocycles. The lowest BCUT2D eigenvalue weighted by molar-refractivity contribution is 0.0684. The van der Waals surface area contributed by atoms with Crippen molar-refractivity contribution in [3.05, 3.63) is 43.8 Å². The van der Waals surface area contributed by atoms with Gasteiger partial charge in [-0.25, -0.2) is 0 Å². The van der Waals surface area contributed by atoms with Crippen LogP contribution in [0.3, 0.4) is 0 Å². The highest BCUT2D eigenvalue weighted by atomic mass is 32.1. The zero-order valence-electron chi connectivity index (χ0n) is 11.6. The molecule has 5 heteroatoms. The summed E-state index contributed by atoms with van der Waals surface area (Å²) in [6, 6.07) is 5.91. The largest absolute Gasteiger partial charge is 0.384 e. The maximum atomic E-state index is 12.7. The number of rotatable bonds is 1. The van der Waals surface area contributed by atoms with E-state index in [0.717, 1.165) is 17.8 Å². The molecule has 0 saturated carbocycles. The molecule has 0 aliphatic carbocycles. The minimum atomic E-state index is -0.161. The van der Waals surface area contributed by atoms with Gasteiger partial charge in [0.05, 0.1) is 15.8 Å². The summed E-state index contributed by atoms with van der Waals surface area (Å²) < 4.78 is 0. The standard InChI is InChI=1S/C16H15NO2S2/c1-11-13-7-10-20-14(13)6-8-17(11)16(19)15-5-4-12(21-15)3-2-9-18/h4-5,7,10-11,18H,6,8-9H2,1H3. The molecule has 108 valence electrons. The number of fused-ring (bicyclic) bond motifs is 1. The molecule has 0 spiro atoms. The molecule has 0 aromatic carbocycles. The van der Waals surface area contributed by atoms with Crippen LogP contribution < -0.4 is 0 Å². The second-order valence-electron chi connectivity index (χ2n) is 4.85. The summed E-state index contributed by atoms with van der Waals surface area (Å²) in [4.78, 5) is 17.5. The number of hydrogen-bond acceptors (Lipinski definition) is 4. The number of carbonyl (C=O) groups is 1. The van der Waals surface area contributed by atoms with Crippen LogP contribution in [-0.4, -0.2) is 29.1 Å². The third-order valence-corrected chi connectivity index (χ3v) is 5.63. The van der Waals surface area contributed by atoms with Crippen LogP contribution >= 0.6 is 22.7 Å². The first-order valence-electron chi connectivity index (χ1n) is 6.77. The minimum Gasteiger partial charge on any atom is -0.384 e. The molecule has 21 heavy (non-hydrogen) atoms. The molecule has 3 heterocycles.